The molecule has 0 bridgehead atoms. The summed E-state index contributed by atoms with van der Waals surface area (Å²) >= 11 is 0. The molecule has 0 aromatic carbocycles. The minimum absolute atomic E-state index is 0.569. The second-order valence-electron chi connectivity index (χ2n) is 4.19. The van der Waals surface area contributed by atoms with E-state index in [-0.39, 0.29) is 0 Å². The van der Waals surface area contributed by atoms with Gasteiger partial charge in [-0.25, -0.2) is 0 Å². The smallest absolute Gasteiger partial charge is 0.323 e. The van der Waals surface area contributed by atoms with E-state index in [4.69, 9.17) is 5.11 Å². The number of likely N-dealkylation sites (N-methyl/N-ethyl adjacent to an activating group) is 1. The Kier molecular flexibility index (Phi) is 6.20. The summed E-state index contributed by atoms with van der Waals surface area (Å²) in [6, 6.07) is 0. The third-order valence-corrected chi connectivity index (χ3v) is 2.39. The van der Waals surface area contributed by atoms with Gasteiger partial charge in [0, 0.05) is 13.1 Å². The van der Waals surface area contributed by atoms with Gasteiger partial charge in [0.05, 0.1) is 0 Å². The molecule has 0 spiro atoms. The monoisotopic (exact) mass is 214 g/mol. The number of hydrogen-bond donors (Lipinski definition) is 2. The molecule has 0 aliphatic carbocycles. The quantitative estimate of drug-likeness (QED) is 0.591. The van der Waals surface area contributed by atoms with Gasteiger partial charge in [-0.1, -0.05) is 6.08 Å². The van der Waals surface area contributed by atoms with E-state index in [0.717, 1.165) is 6.54 Å². The molecule has 15 heavy (non-hydrogen) atoms. The lowest BCUT2D eigenvalue weighted by Gasteiger charge is -2.26. The summed E-state index contributed by atoms with van der Waals surface area (Å²) in [7, 11) is 3.92. The zero-order chi connectivity index (χ0) is 11.9. The summed E-state index contributed by atoms with van der Waals surface area (Å²) in [5.74, 6) is -0.803. The average Bonchev–Trinajstić information content (AvgIpc) is 2.14. The van der Waals surface area contributed by atoms with Crippen LogP contribution in [0.4, 0.5) is 0 Å². The lowest BCUT2D eigenvalue weighted by atomic mass is 9.96. The van der Waals surface area contributed by atoms with Crippen molar-refractivity contribution < 1.29 is 9.90 Å². The van der Waals surface area contributed by atoms with Crippen LogP contribution in [0.1, 0.15) is 19.8 Å². The van der Waals surface area contributed by atoms with Gasteiger partial charge in [-0.3, -0.25) is 4.79 Å². The van der Waals surface area contributed by atoms with Crippen molar-refractivity contribution in [3.05, 3.63) is 12.7 Å². The van der Waals surface area contributed by atoms with E-state index >= 15 is 0 Å². The van der Waals surface area contributed by atoms with Crippen LogP contribution in [0.2, 0.25) is 0 Å². The Morgan fingerprint density at radius 2 is 2.20 bits per heavy atom. The number of carboxylic acid groups (broad SMARTS) is 1. The predicted molar refractivity (Wildman–Crippen MR) is 62.0 cm³/mol. The second-order valence-corrected chi connectivity index (χ2v) is 4.19. The first-order chi connectivity index (χ1) is 6.92. The largest absolute Gasteiger partial charge is 0.480 e. The highest BCUT2D eigenvalue weighted by Crippen LogP contribution is 2.12. The third kappa shape index (κ3) is 5.54. The fourth-order valence-corrected chi connectivity index (χ4v) is 1.22. The topological polar surface area (TPSA) is 52.6 Å². The van der Waals surface area contributed by atoms with Gasteiger partial charge in [0.15, 0.2) is 0 Å². The normalized spacial score (nSPS) is 14.9. The van der Waals surface area contributed by atoms with E-state index in [2.05, 4.69) is 11.9 Å². The Morgan fingerprint density at radius 3 is 2.60 bits per heavy atom. The van der Waals surface area contributed by atoms with Gasteiger partial charge in [-0.05, 0) is 33.9 Å². The second kappa shape index (κ2) is 6.58. The number of rotatable bonds is 8. The predicted octanol–water partition coefficient (Wildman–Crippen LogP) is 0.947. The van der Waals surface area contributed by atoms with Crippen LogP contribution in [-0.4, -0.2) is 48.7 Å². The Hall–Kier alpha value is -0.870. The van der Waals surface area contributed by atoms with Crippen molar-refractivity contribution in [1.82, 2.24) is 10.2 Å². The molecule has 0 radical (unpaired) electrons. The van der Waals surface area contributed by atoms with Crippen molar-refractivity contribution in [3.8, 4) is 0 Å². The van der Waals surface area contributed by atoms with Crippen LogP contribution in [0.25, 0.3) is 0 Å². The molecule has 88 valence electrons. The van der Waals surface area contributed by atoms with E-state index in [1.165, 1.54) is 0 Å². The molecule has 4 heteroatoms. The van der Waals surface area contributed by atoms with Gasteiger partial charge in [0.2, 0.25) is 0 Å². The highest BCUT2D eigenvalue weighted by Gasteiger charge is 2.31. The fraction of sp³-hybridized carbons (Fsp3) is 0.727. The van der Waals surface area contributed by atoms with Crippen LogP contribution in [0.5, 0.6) is 0 Å². The summed E-state index contributed by atoms with van der Waals surface area (Å²) in [6.45, 7) is 6.82. The molecule has 0 amide bonds. The first-order valence-electron chi connectivity index (χ1n) is 5.16. The highest BCUT2D eigenvalue weighted by molar-refractivity contribution is 5.78. The molecule has 1 unspecified atom stereocenters. The van der Waals surface area contributed by atoms with Gasteiger partial charge >= 0.3 is 5.97 Å². The fourth-order valence-electron chi connectivity index (χ4n) is 1.22. The summed E-state index contributed by atoms with van der Waals surface area (Å²) in [4.78, 5) is 13.1. The molecule has 4 nitrogen and oxygen atoms in total. The van der Waals surface area contributed by atoms with Crippen LogP contribution in [0.15, 0.2) is 12.7 Å². The molecular formula is C11H22N2O2. The van der Waals surface area contributed by atoms with Crippen molar-refractivity contribution in [2.75, 3.05) is 27.2 Å². The Labute approximate surface area is 92.0 Å². The first-order valence-corrected chi connectivity index (χ1v) is 5.16. The molecule has 0 aliphatic rings. The van der Waals surface area contributed by atoms with Crippen LogP contribution < -0.4 is 5.32 Å². The van der Waals surface area contributed by atoms with Crippen molar-refractivity contribution in [3.63, 3.8) is 0 Å². The van der Waals surface area contributed by atoms with Gasteiger partial charge in [0.25, 0.3) is 0 Å². The summed E-state index contributed by atoms with van der Waals surface area (Å²) in [5.41, 5.74) is -0.843. The van der Waals surface area contributed by atoms with Gasteiger partial charge < -0.3 is 15.3 Å². The molecule has 0 saturated heterocycles. The Bertz CT molecular complexity index is 217. The highest BCUT2D eigenvalue weighted by atomic mass is 16.4. The lowest BCUT2D eigenvalue weighted by Crippen LogP contribution is -2.51. The van der Waals surface area contributed by atoms with Crippen LogP contribution in [0.3, 0.4) is 0 Å². The molecule has 0 saturated carbocycles. The molecule has 0 aromatic heterocycles. The SMILES string of the molecule is C=CCCC(C)(NCCN(C)C)C(=O)O. The molecule has 0 fully saturated rings. The van der Waals surface area contributed by atoms with E-state index in [1.807, 2.05) is 19.0 Å². The van der Waals surface area contributed by atoms with E-state index in [9.17, 15) is 4.79 Å². The summed E-state index contributed by atoms with van der Waals surface area (Å²) in [6.07, 6.45) is 3.02. The Balaban J connectivity index is 4.13. The van der Waals surface area contributed by atoms with Crippen molar-refractivity contribution in [2.24, 2.45) is 0 Å². The minimum Gasteiger partial charge on any atom is -0.480 e. The summed E-state index contributed by atoms with van der Waals surface area (Å²) < 4.78 is 0. The number of allylic oxidation sites excluding steroid dienone is 1. The molecule has 0 aliphatic heterocycles. The average molecular weight is 214 g/mol. The van der Waals surface area contributed by atoms with Gasteiger partial charge in [0.1, 0.15) is 5.54 Å². The van der Waals surface area contributed by atoms with Crippen molar-refractivity contribution >= 4 is 5.97 Å². The number of hydrogen-bond acceptors (Lipinski definition) is 3. The maximum atomic E-state index is 11.1. The van der Waals surface area contributed by atoms with E-state index in [0.29, 0.717) is 19.4 Å². The van der Waals surface area contributed by atoms with E-state index in [1.54, 1.807) is 13.0 Å². The van der Waals surface area contributed by atoms with Crippen LogP contribution >= 0.6 is 0 Å². The molecule has 2 N–H and O–H groups in total. The zero-order valence-corrected chi connectivity index (χ0v) is 9.92. The molecule has 0 rings (SSSR count). The number of nitrogens with one attached hydrogen (secondary N) is 1. The van der Waals surface area contributed by atoms with E-state index < -0.39 is 11.5 Å². The molecule has 1 atom stereocenters. The van der Waals surface area contributed by atoms with Crippen molar-refractivity contribution in [1.29, 1.82) is 0 Å². The van der Waals surface area contributed by atoms with Gasteiger partial charge in [-0.2, -0.15) is 0 Å². The lowest BCUT2D eigenvalue weighted by molar-refractivity contribution is -0.144. The van der Waals surface area contributed by atoms with Crippen LogP contribution in [0, 0.1) is 0 Å². The number of aliphatic carboxylic acids is 1. The third-order valence-electron chi connectivity index (χ3n) is 2.39. The maximum absolute atomic E-state index is 11.1. The molecule has 0 aromatic rings. The molecule has 0 heterocycles. The number of nitrogens with zero attached hydrogens (tertiary/aromatic N) is 1. The molecular weight excluding hydrogens is 192 g/mol. The first kappa shape index (κ1) is 14.1. The van der Waals surface area contributed by atoms with Crippen molar-refractivity contribution in [2.45, 2.75) is 25.3 Å². The zero-order valence-electron chi connectivity index (χ0n) is 9.92. The van der Waals surface area contributed by atoms with Gasteiger partial charge in [-0.15, -0.1) is 6.58 Å². The minimum atomic E-state index is -0.843. The number of carbonyl (C=O) groups is 1. The maximum Gasteiger partial charge on any atom is 0.323 e. The standard InChI is InChI=1S/C11H22N2O2/c1-5-6-7-11(2,10(14)15)12-8-9-13(3)4/h5,12H,1,6-9H2,2-4H3,(H,14,15). The Morgan fingerprint density at radius 1 is 1.60 bits per heavy atom. The van der Waals surface area contributed by atoms with Crippen LogP contribution in [-0.2, 0) is 4.79 Å². The number of carboxylic acids is 1. The summed E-state index contributed by atoms with van der Waals surface area (Å²) in [5, 5.41) is 12.2.